The van der Waals surface area contributed by atoms with E-state index in [2.05, 4.69) is 10.6 Å². The average Bonchev–Trinajstić information content (AvgIpc) is 2.96. The molecule has 0 aliphatic rings. The fraction of sp³-hybridized carbons (Fsp3) is 0. The summed E-state index contributed by atoms with van der Waals surface area (Å²) in [5, 5.41) is 53.3. The van der Waals surface area contributed by atoms with Crippen molar-refractivity contribution in [3.63, 3.8) is 0 Å². The largest absolute Gasteiger partial charge is 0.504 e. The molecule has 2 amide bonds. The third kappa shape index (κ3) is 5.84. The van der Waals surface area contributed by atoms with Crippen molar-refractivity contribution in [3.8, 4) is 28.7 Å². The van der Waals surface area contributed by atoms with Crippen LogP contribution in [-0.4, -0.2) is 37.3 Å². The summed E-state index contributed by atoms with van der Waals surface area (Å²) < 4.78 is 5.85. The van der Waals surface area contributed by atoms with Gasteiger partial charge < -0.3 is 40.6 Å². The van der Waals surface area contributed by atoms with Crippen LogP contribution in [0.15, 0.2) is 88.1 Å². The second kappa shape index (κ2) is 11.1. The highest BCUT2D eigenvalue weighted by atomic mass is 16.3. The van der Waals surface area contributed by atoms with Gasteiger partial charge >= 0.3 is 0 Å². The highest BCUT2D eigenvalue weighted by molar-refractivity contribution is 6.04. The van der Waals surface area contributed by atoms with E-state index in [-0.39, 0.29) is 38.8 Å². The zero-order valence-corrected chi connectivity index (χ0v) is 21.5. The summed E-state index contributed by atoms with van der Waals surface area (Å²) in [7, 11) is 0. The average molecular weight is 567 g/mol. The van der Waals surface area contributed by atoms with Crippen LogP contribution in [0.4, 0.5) is 11.4 Å². The molecule has 11 heteroatoms. The third-order valence-electron chi connectivity index (χ3n) is 6.15. The Morgan fingerprint density at radius 3 is 1.62 bits per heavy atom. The van der Waals surface area contributed by atoms with Crippen molar-refractivity contribution in [1.82, 2.24) is 0 Å². The first kappa shape index (κ1) is 27.3. The molecule has 210 valence electrons. The number of fused-ring (bicyclic) bond motifs is 2. The van der Waals surface area contributed by atoms with Gasteiger partial charge in [-0.2, -0.15) is 0 Å². The smallest absolute Gasteiger partial charge is 0.248 e. The van der Waals surface area contributed by atoms with Gasteiger partial charge in [0.2, 0.25) is 17.2 Å². The van der Waals surface area contributed by atoms with Crippen LogP contribution in [0.25, 0.3) is 34.1 Å². The van der Waals surface area contributed by atoms with Crippen molar-refractivity contribution in [2.75, 3.05) is 10.6 Å². The van der Waals surface area contributed by atoms with Crippen LogP contribution in [0.5, 0.6) is 28.7 Å². The van der Waals surface area contributed by atoms with Gasteiger partial charge in [-0.1, -0.05) is 6.07 Å². The van der Waals surface area contributed by atoms with Gasteiger partial charge in [0.25, 0.3) is 0 Å². The molecular weight excluding hydrogens is 544 g/mol. The number of phenolic OH excluding ortho intramolecular Hbond substituents is 5. The lowest BCUT2D eigenvalue weighted by molar-refractivity contribution is -0.112. The molecule has 7 N–H and O–H groups in total. The van der Waals surface area contributed by atoms with E-state index in [1.807, 2.05) is 0 Å². The molecule has 0 atom stereocenters. The predicted molar refractivity (Wildman–Crippen MR) is 157 cm³/mol. The number of carbonyl (C=O) groups excluding carboxylic acids is 2. The number of nitrogens with one attached hydrogen (secondary N) is 2. The molecule has 0 saturated carbocycles. The van der Waals surface area contributed by atoms with E-state index in [4.69, 9.17) is 4.42 Å². The van der Waals surface area contributed by atoms with Gasteiger partial charge in [0.05, 0.1) is 10.8 Å². The zero-order valence-electron chi connectivity index (χ0n) is 21.5. The Hall–Kier alpha value is -6.23. The molecule has 42 heavy (non-hydrogen) atoms. The van der Waals surface area contributed by atoms with Crippen molar-refractivity contribution in [2.24, 2.45) is 0 Å². The molecule has 0 unspecified atom stereocenters. The van der Waals surface area contributed by atoms with Gasteiger partial charge in [0.1, 0.15) is 11.2 Å². The summed E-state index contributed by atoms with van der Waals surface area (Å²) in [5.74, 6) is -3.41. The maximum Gasteiger partial charge on any atom is 0.248 e. The first-order valence-corrected chi connectivity index (χ1v) is 12.3. The lowest BCUT2D eigenvalue weighted by Gasteiger charge is -2.07. The Balaban J connectivity index is 1.34. The van der Waals surface area contributed by atoms with Gasteiger partial charge in [-0.05, 0) is 83.9 Å². The van der Waals surface area contributed by atoms with Gasteiger partial charge in [-0.15, -0.1) is 0 Å². The normalized spacial score (nSPS) is 11.4. The summed E-state index contributed by atoms with van der Waals surface area (Å²) in [4.78, 5) is 38.2. The van der Waals surface area contributed by atoms with Gasteiger partial charge in [-0.25, -0.2) is 0 Å². The van der Waals surface area contributed by atoms with E-state index in [0.717, 1.165) is 6.08 Å². The number of hydrogen-bond acceptors (Lipinski definition) is 9. The number of anilines is 2. The molecule has 5 rings (SSSR count). The number of amides is 2. The van der Waals surface area contributed by atoms with Crippen molar-refractivity contribution in [3.05, 3.63) is 100 Å². The molecule has 0 saturated heterocycles. The highest BCUT2D eigenvalue weighted by Gasteiger charge is 2.12. The van der Waals surface area contributed by atoms with Crippen LogP contribution < -0.4 is 16.1 Å². The number of benzene rings is 4. The Bertz CT molecular complexity index is 1990. The Kier molecular flexibility index (Phi) is 7.23. The van der Waals surface area contributed by atoms with Gasteiger partial charge in [0.15, 0.2) is 28.7 Å². The van der Waals surface area contributed by atoms with Gasteiger partial charge in [0, 0.05) is 23.5 Å². The summed E-state index contributed by atoms with van der Waals surface area (Å²) in [6.45, 7) is 0. The molecule has 0 aliphatic heterocycles. The maximum atomic E-state index is 13.3. The molecule has 4 aromatic carbocycles. The summed E-state index contributed by atoms with van der Waals surface area (Å²) >= 11 is 0. The topological polar surface area (TPSA) is 190 Å². The van der Waals surface area contributed by atoms with Crippen LogP contribution >= 0.6 is 0 Å². The quantitative estimate of drug-likeness (QED) is 0.0861. The van der Waals surface area contributed by atoms with Gasteiger partial charge in [-0.3, -0.25) is 14.4 Å². The number of carbonyl (C=O) groups is 2. The second-order valence-electron chi connectivity index (χ2n) is 9.15. The number of hydrogen-bond donors (Lipinski definition) is 7. The molecule has 0 fully saturated rings. The van der Waals surface area contributed by atoms with Crippen molar-refractivity contribution < 1.29 is 39.5 Å². The minimum absolute atomic E-state index is 0.188. The lowest BCUT2D eigenvalue weighted by Crippen LogP contribution is -2.10. The molecular formula is C31H22N2O9. The van der Waals surface area contributed by atoms with Crippen LogP contribution in [0, 0.1) is 0 Å². The summed E-state index contributed by atoms with van der Waals surface area (Å²) in [5.41, 5.74) is 1.58. The summed E-state index contributed by atoms with van der Waals surface area (Å²) in [6.07, 6.45) is 5.14. The van der Waals surface area contributed by atoms with Crippen molar-refractivity contribution in [2.45, 2.75) is 0 Å². The van der Waals surface area contributed by atoms with Crippen LogP contribution in [-0.2, 0) is 9.59 Å². The van der Waals surface area contributed by atoms with E-state index < -0.39 is 29.1 Å². The fourth-order valence-corrected chi connectivity index (χ4v) is 4.09. The van der Waals surface area contributed by atoms with E-state index in [1.54, 1.807) is 18.2 Å². The fourth-order valence-electron chi connectivity index (χ4n) is 4.09. The van der Waals surface area contributed by atoms with Crippen LogP contribution in [0.1, 0.15) is 11.1 Å². The molecule has 0 aliphatic carbocycles. The molecule has 1 heterocycles. The molecule has 5 aromatic rings. The SMILES string of the molecule is O=C(/C=C/c1ccc(O)c(O)c1)Nc1ccc2oc3ccc(NC(=O)/C=C/c4cc(O)c(O)c(O)c4)cc3c(=O)c2c1. The van der Waals surface area contributed by atoms with E-state index >= 15 is 0 Å². The molecule has 0 bridgehead atoms. The van der Waals surface area contributed by atoms with Crippen LogP contribution in [0.3, 0.4) is 0 Å². The molecule has 0 radical (unpaired) electrons. The van der Waals surface area contributed by atoms with Crippen molar-refractivity contribution >= 4 is 57.3 Å². The molecule has 0 spiro atoms. The van der Waals surface area contributed by atoms with E-state index in [1.165, 1.54) is 66.8 Å². The summed E-state index contributed by atoms with van der Waals surface area (Å²) in [6, 6.07) is 15.6. The van der Waals surface area contributed by atoms with E-state index in [0.29, 0.717) is 22.5 Å². The van der Waals surface area contributed by atoms with E-state index in [9.17, 15) is 39.9 Å². The Morgan fingerprint density at radius 2 is 1.10 bits per heavy atom. The monoisotopic (exact) mass is 566 g/mol. The first-order valence-electron chi connectivity index (χ1n) is 12.3. The standard InChI is InChI=1S/C31H22N2O9/c34-22-6-1-16(11-23(22)35)2-9-28(38)32-18-4-7-26-20(14-18)30(40)21-15-19(5-8-27(21)42-26)33-29(39)10-3-17-12-24(36)31(41)25(37)13-17/h1-15,34-37,41H,(H,32,38)(H,33,39)/b9-2+,10-3+. The lowest BCUT2D eigenvalue weighted by atomic mass is 10.1. The molecule has 11 nitrogen and oxygen atoms in total. The minimum atomic E-state index is -0.669. The third-order valence-corrected chi connectivity index (χ3v) is 6.15. The Morgan fingerprint density at radius 1 is 0.595 bits per heavy atom. The number of phenols is 5. The Labute approximate surface area is 236 Å². The second-order valence-corrected chi connectivity index (χ2v) is 9.15. The first-order chi connectivity index (χ1) is 20.1. The zero-order chi connectivity index (χ0) is 30.0. The van der Waals surface area contributed by atoms with Crippen molar-refractivity contribution in [1.29, 1.82) is 0 Å². The minimum Gasteiger partial charge on any atom is -0.504 e. The number of rotatable bonds is 6. The predicted octanol–water partition coefficient (Wildman–Crippen LogP) is 4.78. The highest BCUT2D eigenvalue weighted by Crippen LogP contribution is 2.35. The van der Waals surface area contributed by atoms with Crippen LogP contribution in [0.2, 0.25) is 0 Å². The maximum absolute atomic E-state index is 13.3. The molecule has 1 aromatic heterocycles. The number of aromatic hydroxyl groups is 5.